The summed E-state index contributed by atoms with van der Waals surface area (Å²) in [7, 11) is -4.74. The van der Waals surface area contributed by atoms with Crippen molar-refractivity contribution in [1.29, 1.82) is 0 Å². The summed E-state index contributed by atoms with van der Waals surface area (Å²) in [6, 6.07) is 0. The number of ketones is 1. The fourth-order valence-corrected chi connectivity index (χ4v) is 0.861. The van der Waals surface area contributed by atoms with Gasteiger partial charge in [0.25, 0.3) is 0 Å². The maximum atomic E-state index is 10.7. The van der Waals surface area contributed by atoms with Crippen molar-refractivity contribution in [2.45, 2.75) is 19.1 Å². The SMILES string of the molecule is CC(=O)[C@@H]([O-])[C@H]([O-])COP(=O)(O)O.[Na+].[Na+]. The van der Waals surface area contributed by atoms with Crippen LogP contribution in [-0.2, 0) is 13.9 Å². The molecule has 0 aromatic rings. The van der Waals surface area contributed by atoms with E-state index in [9.17, 15) is 19.6 Å². The van der Waals surface area contributed by atoms with Crippen LogP contribution in [0.2, 0.25) is 0 Å². The van der Waals surface area contributed by atoms with Crippen molar-refractivity contribution >= 4 is 13.6 Å². The van der Waals surface area contributed by atoms with Crippen molar-refractivity contribution in [2.75, 3.05) is 6.61 Å². The number of hydrogen-bond donors (Lipinski definition) is 2. The van der Waals surface area contributed by atoms with E-state index in [1.165, 1.54) is 0 Å². The fourth-order valence-electron chi connectivity index (χ4n) is 0.520. The van der Waals surface area contributed by atoms with E-state index in [0.29, 0.717) is 0 Å². The number of Topliss-reactive ketones (excluding diaryl/α,β-unsaturated/α-hetero) is 1. The first-order valence-electron chi connectivity index (χ1n) is 3.26. The van der Waals surface area contributed by atoms with E-state index >= 15 is 0 Å². The van der Waals surface area contributed by atoms with Gasteiger partial charge >= 0.3 is 66.9 Å². The average Bonchev–Trinajstić information content (AvgIpc) is 1.97. The Kier molecular flexibility index (Phi) is 14.2. The zero-order valence-corrected chi connectivity index (χ0v) is 13.6. The first-order chi connectivity index (χ1) is 5.74. The van der Waals surface area contributed by atoms with Gasteiger partial charge in [0.1, 0.15) is 5.78 Å². The molecule has 0 bridgehead atoms. The molecule has 2 atom stereocenters. The summed E-state index contributed by atoms with van der Waals surface area (Å²) < 4.78 is 13.8. The second-order valence-electron chi connectivity index (χ2n) is 2.36. The Morgan fingerprint density at radius 2 is 1.80 bits per heavy atom. The van der Waals surface area contributed by atoms with Gasteiger partial charge in [-0.2, -0.15) is 0 Å². The summed E-state index contributed by atoms with van der Waals surface area (Å²) in [5.74, 6) is -0.880. The smallest absolute Gasteiger partial charge is 0.851 e. The average molecular weight is 258 g/mol. The van der Waals surface area contributed by atoms with Gasteiger partial charge in [-0.15, -0.1) is 6.10 Å². The second-order valence-corrected chi connectivity index (χ2v) is 3.60. The topological polar surface area (TPSA) is 130 Å². The van der Waals surface area contributed by atoms with Crippen LogP contribution in [0.1, 0.15) is 6.92 Å². The number of hydrogen-bond acceptors (Lipinski definition) is 5. The Bertz CT molecular complexity index is 229. The Morgan fingerprint density at radius 3 is 2.07 bits per heavy atom. The number of carbonyl (C=O) groups is 1. The van der Waals surface area contributed by atoms with E-state index in [1.807, 2.05) is 0 Å². The Hall–Kier alpha value is 1.70. The van der Waals surface area contributed by atoms with E-state index in [-0.39, 0.29) is 59.1 Å². The minimum absolute atomic E-state index is 0. The van der Waals surface area contributed by atoms with Crippen LogP contribution in [0, 0.1) is 0 Å². The van der Waals surface area contributed by atoms with E-state index in [4.69, 9.17) is 9.79 Å². The van der Waals surface area contributed by atoms with E-state index < -0.39 is 32.4 Å². The zero-order valence-electron chi connectivity index (χ0n) is 8.74. The number of phosphoric ester groups is 1. The normalized spacial score (nSPS) is 14.5. The molecule has 0 saturated heterocycles. The molecule has 0 aliphatic carbocycles. The predicted molar refractivity (Wildman–Crippen MR) is 36.3 cm³/mol. The molecule has 0 unspecified atom stereocenters. The molecular formula is C5H9Na2O7P. The monoisotopic (exact) mass is 258 g/mol. The van der Waals surface area contributed by atoms with Gasteiger partial charge in [0, 0.05) is 6.61 Å². The van der Waals surface area contributed by atoms with Crippen LogP contribution in [-0.4, -0.2) is 34.4 Å². The van der Waals surface area contributed by atoms with Crippen LogP contribution in [0.4, 0.5) is 0 Å². The third kappa shape index (κ3) is 12.0. The van der Waals surface area contributed by atoms with Crippen molar-refractivity contribution in [3.8, 4) is 0 Å². The molecule has 0 radical (unpaired) electrons. The largest absolute Gasteiger partial charge is 1.00 e. The van der Waals surface area contributed by atoms with Crippen LogP contribution in [0.3, 0.4) is 0 Å². The molecule has 0 spiro atoms. The summed E-state index contributed by atoms with van der Waals surface area (Å²) in [6.07, 6.45) is -4.04. The molecule has 0 rings (SSSR count). The maximum absolute atomic E-state index is 10.7. The second kappa shape index (κ2) is 9.70. The van der Waals surface area contributed by atoms with E-state index in [0.717, 1.165) is 6.92 Å². The first-order valence-corrected chi connectivity index (χ1v) is 4.79. The van der Waals surface area contributed by atoms with Crippen molar-refractivity contribution in [2.24, 2.45) is 0 Å². The third-order valence-corrected chi connectivity index (χ3v) is 1.63. The fraction of sp³-hybridized carbons (Fsp3) is 0.800. The van der Waals surface area contributed by atoms with Crippen molar-refractivity contribution in [1.82, 2.24) is 0 Å². The number of carbonyl (C=O) groups excluding carboxylic acids is 1. The van der Waals surface area contributed by atoms with Gasteiger partial charge in [0.2, 0.25) is 0 Å². The zero-order chi connectivity index (χ0) is 10.6. The van der Waals surface area contributed by atoms with Crippen molar-refractivity contribution < 1.29 is 93.0 Å². The van der Waals surface area contributed by atoms with Crippen molar-refractivity contribution in [3.63, 3.8) is 0 Å². The minimum atomic E-state index is -4.74. The molecule has 0 aliphatic heterocycles. The van der Waals surface area contributed by atoms with Gasteiger partial charge in [0.05, 0.1) is 0 Å². The van der Waals surface area contributed by atoms with Gasteiger partial charge < -0.3 is 24.8 Å². The minimum Gasteiger partial charge on any atom is -0.851 e. The molecular weight excluding hydrogens is 249 g/mol. The molecule has 78 valence electrons. The van der Waals surface area contributed by atoms with E-state index in [2.05, 4.69) is 4.52 Å². The van der Waals surface area contributed by atoms with Crippen LogP contribution in [0.25, 0.3) is 0 Å². The third-order valence-electron chi connectivity index (χ3n) is 1.15. The van der Waals surface area contributed by atoms with Crippen LogP contribution in [0.15, 0.2) is 0 Å². The summed E-state index contributed by atoms with van der Waals surface area (Å²) >= 11 is 0. The molecule has 0 saturated carbocycles. The molecule has 7 nitrogen and oxygen atoms in total. The van der Waals surface area contributed by atoms with Crippen LogP contribution in [0.5, 0.6) is 0 Å². The van der Waals surface area contributed by atoms with Crippen molar-refractivity contribution in [3.05, 3.63) is 0 Å². The van der Waals surface area contributed by atoms with Gasteiger partial charge in [-0.05, 0) is 6.92 Å². The molecule has 10 heteroatoms. The predicted octanol–water partition coefficient (Wildman–Crippen LogP) is -8.85. The van der Waals surface area contributed by atoms with Crippen LogP contribution >= 0.6 is 7.82 Å². The van der Waals surface area contributed by atoms with Gasteiger partial charge in [-0.25, -0.2) is 4.57 Å². The summed E-state index contributed by atoms with van der Waals surface area (Å²) in [5.41, 5.74) is 0. The number of rotatable bonds is 5. The Balaban J connectivity index is -0.000000720. The van der Waals surface area contributed by atoms with Gasteiger partial charge in [-0.1, -0.05) is 6.10 Å². The quantitative estimate of drug-likeness (QED) is 0.370. The first kappa shape index (κ1) is 21.9. The molecule has 0 aromatic heterocycles. The Labute approximate surface area is 131 Å². The van der Waals surface area contributed by atoms with Crippen LogP contribution < -0.4 is 69.3 Å². The Morgan fingerprint density at radius 1 is 1.40 bits per heavy atom. The molecule has 0 fully saturated rings. The molecule has 0 amide bonds. The molecule has 15 heavy (non-hydrogen) atoms. The van der Waals surface area contributed by atoms with Gasteiger partial charge in [0.15, 0.2) is 0 Å². The molecule has 0 aliphatic rings. The summed E-state index contributed by atoms with van der Waals surface area (Å²) in [5, 5.41) is 21.4. The maximum Gasteiger partial charge on any atom is 1.00 e. The van der Waals surface area contributed by atoms with E-state index in [1.54, 1.807) is 0 Å². The summed E-state index contributed by atoms with van der Waals surface area (Å²) in [6.45, 7) is -0.0436. The van der Waals surface area contributed by atoms with Gasteiger partial charge in [-0.3, -0.25) is 4.52 Å². The molecule has 2 N–H and O–H groups in total. The molecule has 0 heterocycles. The molecule has 0 aromatic carbocycles. The standard InChI is InChI=1S/C5H9O7P.2Na/c1-3(6)5(8)4(7)2-12-13(9,10)11;;/h4-5H,2H2,1H3,(H2,9,10,11);;/q-2;2*+1/t4-,5-;;/m1../s1. The summed E-state index contributed by atoms with van der Waals surface area (Å²) in [4.78, 5) is 26.6. The number of phosphoric acid groups is 1.